The number of carbonyl (C=O) groups is 3. The summed E-state index contributed by atoms with van der Waals surface area (Å²) in [6, 6.07) is -0.560. The van der Waals surface area contributed by atoms with Gasteiger partial charge in [0.05, 0.1) is 6.54 Å². The molecule has 0 aromatic heterocycles. The smallest absolute Gasteiger partial charge is 0.262 e. The fraction of sp³-hybridized carbons (Fsp3) is 0.571. The molecule has 1 aliphatic rings. The first kappa shape index (κ1) is 11.4. The van der Waals surface area contributed by atoms with E-state index < -0.39 is 17.9 Å². The van der Waals surface area contributed by atoms with Gasteiger partial charge < -0.3 is 11.1 Å². The Labute approximate surface area is 85.5 Å². The zero-order valence-corrected chi connectivity index (χ0v) is 7.91. The lowest BCUT2D eigenvalue weighted by atomic mass is 10.2. The molecule has 0 aromatic carbocycles. The Kier molecular flexibility index (Phi) is 4.01. The molecule has 0 radical (unpaired) electrons. The van der Waals surface area contributed by atoms with E-state index in [9.17, 15) is 14.4 Å². The van der Waals surface area contributed by atoms with Gasteiger partial charge in [0, 0.05) is 6.54 Å². The van der Waals surface area contributed by atoms with Crippen LogP contribution < -0.4 is 21.8 Å². The number of nitrogens with one attached hydrogen (secondary N) is 3. The van der Waals surface area contributed by atoms with Crippen LogP contribution in [0.2, 0.25) is 0 Å². The average Bonchev–Trinajstić information content (AvgIpc) is 2.18. The summed E-state index contributed by atoms with van der Waals surface area (Å²) in [7, 11) is 0. The van der Waals surface area contributed by atoms with Crippen LogP contribution in [0.4, 0.5) is 0 Å². The zero-order valence-electron chi connectivity index (χ0n) is 7.91. The molecular weight excluding hydrogens is 204 g/mol. The van der Waals surface area contributed by atoms with E-state index in [0.29, 0.717) is 0 Å². The van der Waals surface area contributed by atoms with E-state index in [0.717, 1.165) is 0 Å². The molecule has 5 N–H and O–H groups in total. The Bertz CT molecular complexity index is 270. The fourth-order valence-corrected chi connectivity index (χ4v) is 1.00. The quantitative estimate of drug-likeness (QED) is 0.365. The Morgan fingerprint density at radius 1 is 1.60 bits per heavy atom. The van der Waals surface area contributed by atoms with Crippen LogP contribution in [0, 0.1) is 0 Å². The summed E-state index contributed by atoms with van der Waals surface area (Å²) < 4.78 is 0. The van der Waals surface area contributed by atoms with E-state index >= 15 is 0 Å². The predicted octanol–water partition coefficient (Wildman–Crippen LogP) is -3.39. The van der Waals surface area contributed by atoms with Crippen molar-refractivity contribution in [2.75, 3.05) is 19.7 Å². The van der Waals surface area contributed by atoms with Crippen molar-refractivity contribution in [1.82, 2.24) is 16.1 Å². The van der Waals surface area contributed by atoms with Crippen LogP contribution >= 0.6 is 0 Å². The molecular formula is C7H12N4O4. The number of rotatable bonds is 4. The number of piperazine rings is 1. The molecule has 1 saturated heterocycles. The van der Waals surface area contributed by atoms with Crippen molar-refractivity contribution in [3.8, 4) is 0 Å². The molecule has 0 aromatic rings. The molecule has 0 bridgehead atoms. The molecule has 15 heavy (non-hydrogen) atoms. The molecule has 0 saturated carbocycles. The summed E-state index contributed by atoms with van der Waals surface area (Å²) >= 11 is 0. The fourth-order valence-electron chi connectivity index (χ4n) is 1.00. The molecule has 0 aliphatic carbocycles. The highest BCUT2D eigenvalue weighted by Crippen LogP contribution is 1.88. The van der Waals surface area contributed by atoms with Gasteiger partial charge in [0.2, 0.25) is 11.8 Å². The highest BCUT2D eigenvalue weighted by Gasteiger charge is 2.23. The molecule has 8 heteroatoms. The number of primary amides is 1. The average molecular weight is 216 g/mol. The van der Waals surface area contributed by atoms with E-state index in [1.165, 1.54) is 0 Å². The minimum Gasteiger partial charge on any atom is -0.368 e. The Morgan fingerprint density at radius 3 is 2.87 bits per heavy atom. The van der Waals surface area contributed by atoms with Gasteiger partial charge in [0.15, 0.2) is 6.61 Å². The Hall–Kier alpha value is -1.67. The van der Waals surface area contributed by atoms with Gasteiger partial charge in [-0.05, 0) is 0 Å². The Balaban J connectivity index is 2.22. The topological polar surface area (TPSA) is 123 Å². The number of carbonyl (C=O) groups excluding carboxylic acids is 3. The second kappa shape index (κ2) is 5.27. The summed E-state index contributed by atoms with van der Waals surface area (Å²) in [5.41, 5.74) is 6.83. The minimum atomic E-state index is -0.680. The second-order valence-corrected chi connectivity index (χ2v) is 2.96. The first-order valence-electron chi connectivity index (χ1n) is 4.29. The standard InChI is InChI=1S/C7H12N4O4/c8-5(12)3-15-11-7(14)4-1-10-6(13)2-9-4/h4,9H,1-3H2,(H2,8,12)(H,10,13)(H,11,14). The number of nitrogens with two attached hydrogens (primary N) is 1. The molecule has 84 valence electrons. The highest BCUT2D eigenvalue weighted by molar-refractivity contribution is 5.86. The monoisotopic (exact) mass is 216 g/mol. The van der Waals surface area contributed by atoms with Crippen LogP contribution in [-0.4, -0.2) is 43.5 Å². The van der Waals surface area contributed by atoms with Crippen molar-refractivity contribution >= 4 is 17.7 Å². The third-order valence-electron chi connectivity index (χ3n) is 1.72. The van der Waals surface area contributed by atoms with Gasteiger partial charge in [-0.25, -0.2) is 5.48 Å². The molecule has 1 fully saturated rings. The van der Waals surface area contributed by atoms with Gasteiger partial charge in [-0.1, -0.05) is 0 Å². The van der Waals surface area contributed by atoms with Crippen LogP contribution in [0.1, 0.15) is 0 Å². The lowest BCUT2D eigenvalue weighted by Gasteiger charge is -2.22. The largest absolute Gasteiger partial charge is 0.368 e. The molecule has 1 rings (SSSR count). The van der Waals surface area contributed by atoms with Gasteiger partial charge in [0.25, 0.3) is 5.91 Å². The van der Waals surface area contributed by atoms with Gasteiger partial charge in [-0.2, -0.15) is 0 Å². The van der Waals surface area contributed by atoms with E-state index in [-0.39, 0.29) is 25.6 Å². The van der Waals surface area contributed by atoms with E-state index in [1.807, 2.05) is 5.48 Å². The third kappa shape index (κ3) is 3.92. The zero-order chi connectivity index (χ0) is 11.3. The van der Waals surface area contributed by atoms with Crippen LogP contribution in [0.15, 0.2) is 0 Å². The molecule has 1 heterocycles. The van der Waals surface area contributed by atoms with Crippen LogP contribution in [0.25, 0.3) is 0 Å². The summed E-state index contributed by atoms with van der Waals surface area (Å²) in [6.45, 7) is -0.122. The van der Waals surface area contributed by atoms with Crippen molar-refractivity contribution in [3.05, 3.63) is 0 Å². The number of hydroxylamine groups is 1. The molecule has 1 atom stereocenters. The molecule has 1 unspecified atom stereocenters. The maximum absolute atomic E-state index is 11.3. The first-order valence-corrected chi connectivity index (χ1v) is 4.29. The number of hydrogen-bond acceptors (Lipinski definition) is 5. The molecule has 1 aliphatic heterocycles. The normalized spacial score (nSPS) is 20.5. The summed E-state index contributed by atoms with van der Waals surface area (Å²) in [5, 5.41) is 5.19. The van der Waals surface area contributed by atoms with Crippen molar-refractivity contribution in [2.45, 2.75) is 6.04 Å². The maximum atomic E-state index is 11.3. The van der Waals surface area contributed by atoms with Crippen LogP contribution in [0.5, 0.6) is 0 Å². The number of amides is 3. The Morgan fingerprint density at radius 2 is 2.33 bits per heavy atom. The molecule has 3 amide bonds. The van der Waals surface area contributed by atoms with Crippen molar-refractivity contribution < 1.29 is 19.2 Å². The minimum absolute atomic E-state index is 0.0773. The number of hydrogen-bond donors (Lipinski definition) is 4. The third-order valence-corrected chi connectivity index (χ3v) is 1.72. The molecule has 0 spiro atoms. The predicted molar refractivity (Wildman–Crippen MR) is 48.1 cm³/mol. The van der Waals surface area contributed by atoms with Gasteiger partial charge in [0.1, 0.15) is 6.04 Å². The van der Waals surface area contributed by atoms with Crippen molar-refractivity contribution in [1.29, 1.82) is 0 Å². The van der Waals surface area contributed by atoms with Gasteiger partial charge in [-0.3, -0.25) is 24.5 Å². The van der Waals surface area contributed by atoms with Crippen LogP contribution in [-0.2, 0) is 19.2 Å². The second-order valence-electron chi connectivity index (χ2n) is 2.96. The maximum Gasteiger partial charge on any atom is 0.262 e. The molecule has 8 nitrogen and oxygen atoms in total. The van der Waals surface area contributed by atoms with Crippen LogP contribution in [0.3, 0.4) is 0 Å². The van der Waals surface area contributed by atoms with Gasteiger partial charge in [-0.15, -0.1) is 0 Å². The summed E-state index contributed by atoms with van der Waals surface area (Å²) in [5.74, 6) is -1.31. The summed E-state index contributed by atoms with van der Waals surface area (Å²) in [6.07, 6.45) is 0. The first-order chi connectivity index (χ1) is 7.09. The van der Waals surface area contributed by atoms with E-state index in [4.69, 9.17) is 5.73 Å². The van der Waals surface area contributed by atoms with E-state index in [1.54, 1.807) is 0 Å². The summed E-state index contributed by atoms with van der Waals surface area (Å²) in [4.78, 5) is 36.8. The van der Waals surface area contributed by atoms with Crippen molar-refractivity contribution in [3.63, 3.8) is 0 Å². The van der Waals surface area contributed by atoms with E-state index in [2.05, 4.69) is 15.5 Å². The lowest BCUT2D eigenvalue weighted by Crippen LogP contribution is -2.58. The SMILES string of the molecule is NC(=O)CONC(=O)C1CNC(=O)CN1. The lowest BCUT2D eigenvalue weighted by molar-refractivity contribution is -0.140. The highest BCUT2D eigenvalue weighted by atomic mass is 16.7. The van der Waals surface area contributed by atoms with Gasteiger partial charge >= 0.3 is 0 Å². The van der Waals surface area contributed by atoms with Crippen molar-refractivity contribution in [2.24, 2.45) is 5.73 Å².